The first kappa shape index (κ1) is 26.1. The van der Waals surface area contributed by atoms with Gasteiger partial charge in [0.1, 0.15) is 16.5 Å². The average Bonchev–Trinajstić information content (AvgIpc) is 3.52. The van der Waals surface area contributed by atoms with Crippen LogP contribution >= 0.6 is 11.3 Å². The van der Waals surface area contributed by atoms with E-state index in [0.29, 0.717) is 37.2 Å². The molecule has 2 fully saturated rings. The van der Waals surface area contributed by atoms with Crippen LogP contribution in [0.15, 0.2) is 35.2 Å². The van der Waals surface area contributed by atoms with E-state index in [0.717, 1.165) is 46.3 Å². The van der Waals surface area contributed by atoms with Crippen molar-refractivity contribution in [1.29, 1.82) is 0 Å². The number of amides is 1. The first-order valence-corrected chi connectivity index (χ1v) is 14.6. The van der Waals surface area contributed by atoms with E-state index >= 15 is 0 Å². The third-order valence-electron chi connectivity index (χ3n) is 7.21. The van der Waals surface area contributed by atoms with E-state index in [9.17, 15) is 22.0 Å². The van der Waals surface area contributed by atoms with Crippen molar-refractivity contribution >= 4 is 42.6 Å². The van der Waals surface area contributed by atoms with Crippen LogP contribution in [-0.4, -0.2) is 56.0 Å². The lowest BCUT2D eigenvalue weighted by atomic mass is 9.96. The van der Waals surface area contributed by atoms with Crippen molar-refractivity contribution in [2.75, 3.05) is 31.1 Å². The van der Waals surface area contributed by atoms with Crippen molar-refractivity contribution in [3.05, 3.63) is 53.1 Å². The Labute approximate surface area is 219 Å². The Morgan fingerprint density at radius 2 is 1.86 bits per heavy atom. The second-order valence-corrected chi connectivity index (χ2v) is 12.7. The number of carbonyl (C=O) groups is 1. The molecule has 1 unspecified atom stereocenters. The number of nitrogens with zero attached hydrogens (tertiary/aromatic N) is 3. The number of sulfonamides is 1. The minimum absolute atomic E-state index is 0.0682. The van der Waals surface area contributed by atoms with E-state index in [4.69, 9.17) is 9.72 Å². The minimum Gasteiger partial charge on any atom is -0.376 e. The number of carbonyl (C=O) groups excluding carboxylic acids is 1. The summed E-state index contributed by atoms with van der Waals surface area (Å²) in [7, 11) is -4.14. The average molecular weight is 550 g/mol. The molecule has 2 saturated heterocycles. The number of halogens is 2. The van der Waals surface area contributed by atoms with E-state index in [-0.39, 0.29) is 25.1 Å². The molecule has 2 aliphatic heterocycles. The summed E-state index contributed by atoms with van der Waals surface area (Å²) in [6.07, 6.45) is 2.34. The van der Waals surface area contributed by atoms with Crippen molar-refractivity contribution in [3.63, 3.8) is 0 Å². The highest BCUT2D eigenvalue weighted by molar-refractivity contribution is 7.89. The van der Waals surface area contributed by atoms with Gasteiger partial charge in [0, 0.05) is 31.7 Å². The lowest BCUT2D eigenvalue weighted by Crippen LogP contribution is -2.46. The van der Waals surface area contributed by atoms with Crippen LogP contribution in [0.1, 0.15) is 36.8 Å². The molecule has 1 atom stereocenters. The van der Waals surface area contributed by atoms with Crippen molar-refractivity contribution in [1.82, 2.24) is 9.29 Å². The summed E-state index contributed by atoms with van der Waals surface area (Å²) >= 11 is 1.47. The number of piperidine rings is 1. The normalized spacial score (nSPS) is 19.5. The van der Waals surface area contributed by atoms with Gasteiger partial charge in [0.25, 0.3) is 0 Å². The molecule has 2 aromatic carbocycles. The summed E-state index contributed by atoms with van der Waals surface area (Å²) in [4.78, 5) is 19.7. The van der Waals surface area contributed by atoms with E-state index in [1.807, 2.05) is 19.9 Å². The molecule has 1 aromatic heterocycles. The molecule has 37 heavy (non-hydrogen) atoms. The number of aromatic nitrogens is 1. The standard InChI is InChI=1S/C26H29F2N3O4S2/c1-16-12-22-23(13-17(16)2)36-26(29-22)31(15-20-4-3-11-35-20)25(32)18-7-9-30(10-8-18)37(33,34)24-6-5-19(27)14-21(24)28/h5-6,12-14,18,20H,3-4,7-11,15H2,1-2H3. The van der Waals surface area contributed by atoms with Gasteiger partial charge in [-0.25, -0.2) is 22.2 Å². The van der Waals surface area contributed by atoms with Gasteiger partial charge in [-0.2, -0.15) is 4.31 Å². The summed E-state index contributed by atoms with van der Waals surface area (Å²) in [5.74, 6) is -2.47. The Bertz CT molecular complexity index is 1390. The fraction of sp³-hybridized carbons (Fsp3) is 0.462. The number of thiazole rings is 1. The predicted octanol–water partition coefficient (Wildman–Crippen LogP) is 4.80. The fourth-order valence-electron chi connectivity index (χ4n) is 4.92. The molecular formula is C26H29F2N3O4S2. The van der Waals surface area contributed by atoms with Gasteiger partial charge in [0.15, 0.2) is 5.13 Å². The Balaban J connectivity index is 1.35. The van der Waals surface area contributed by atoms with E-state index in [1.54, 1.807) is 4.90 Å². The summed E-state index contributed by atoms with van der Waals surface area (Å²) in [6.45, 7) is 5.28. The van der Waals surface area contributed by atoms with Gasteiger partial charge in [0.05, 0.1) is 22.9 Å². The molecule has 0 bridgehead atoms. The number of anilines is 1. The van der Waals surface area contributed by atoms with Crippen LogP contribution in [0.3, 0.4) is 0 Å². The number of rotatable bonds is 6. The van der Waals surface area contributed by atoms with E-state index in [1.165, 1.54) is 15.6 Å². The van der Waals surface area contributed by atoms with Crippen molar-refractivity contribution < 1.29 is 26.7 Å². The van der Waals surface area contributed by atoms with Gasteiger partial charge in [-0.3, -0.25) is 9.69 Å². The second-order valence-electron chi connectivity index (χ2n) is 9.74. The predicted molar refractivity (Wildman–Crippen MR) is 138 cm³/mol. The van der Waals surface area contributed by atoms with Crippen LogP contribution in [-0.2, 0) is 19.6 Å². The Hall–Kier alpha value is -2.47. The minimum atomic E-state index is -4.14. The SMILES string of the molecule is Cc1cc2nc(N(CC3CCCO3)C(=O)C3CCN(S(=O)(=O)c4ccc(F)cc4F)CC3)sc2cc1C. The highest BCUT2D eigenvalue weighted by Gasteiger charge is 2.37. The molecule has 3 heterocycles. The first-order valence-electron chi connectivity index (χ1n) is 12.4. The highest BCUT2D eigenvalue weighted by atomic mass is 32.2. The number of fused-ring (bicyclic) bond motifs is 1. The molecule has 198 valence electrons. The molecule has 3 aromatic rings. The molecule has 7 nitrogen and oxygen atoms in total. The summed E-state index contributed by atoms with van der Waals surface area (Å²) < 4.78 is 61.4. The molecule has 11 heteroatoms. The third-order valence-corrected chi connectivity index (χ3v) is 10.2. The molecule has 0 saturated carbocycles. The Morgan fingerprint density at radius 1 is 1.14 bits per heavy atom. The van der Waals surface area contributed by atoms with Gasteiger partial charge >= 0.3 is 0 Å². The molecule has 0 aliphatic carbocycles. The van der Waals surface area contributed by atoms with Crippen molar-refractivity contribution in [2.24, 2.45) is 5.92 Å². The topological polar surface area (TPSA) is 79.8 Å². The molecule has 0 radical (unpaired) electrons. The van der Waals surface area contributed by atoms with Crippen LogP contribution in [0, 0.1) is 31.4 Å². The number of ether oxygens (including phenoxy) is 1. The second kappa shape index (κ2) is 10.4. The summed E-state index contributed by atoms with van der Waals surface area (Å²) in [5, 5.41) is 0.615. The van der Waals surface area contributed by atoms with E-state index in [2.05, 4.69) is 6.07 Å². The number of aryl methyl sites for hydroxylation is 2. The number of benzene rings is 2. The van der Waals surface area contributed by atoms with Crippen LogP contribution in [0.5, 0.6) is 0 Å². The third kappa shape index (κ3) is 5.27. The number of hydrogen-bond acceptors (Lipinski definition) is 6. The maximum absolute atomic E-state index is 14.2. The van der Waals surface area contributed by atoms with Crippen LogP contribution in [0.4, 0.5) is 13.9 Å². The van der Waals surface area contributed by atoms with Gasteiger partial charge < -0.3 is 4.74 Å². The highest BCUT2D eigenvalue weighted by Crippen LogP contribution is 2.34. The van der Waals surface area contributed by atoms with Crippen LogP contribution < -0.4 is 4.90 Å². The summed E-state index contributed by atoms with van der Waals surface area (Å²) in [5.41, 5.74) is 3.13. The zero-order chi connectivity index (χ0) is 26.3. The lowest BCUT2D eigenvalue weighted by Gasteiger charge is -2.33. The monoisotopic (exact) mass is 549 g/mol. The van der Waals surface area contributed by atoms with Crippen molar-refractivity contribution in [2.45, 2.75) is 50.5 Å². The van der Waals surface area contributed by atoms with Gasteiger partial charge in [0.2, 0.25) is 15.9 Å². The zero-order valence-electron chi connectivity index (χ0n) is 20.7. The van der Waals surface area contributed by atoms with E-state index < -0.39 is 32.5 Å². The molecular weight excluding hydrogens is 520 g/mol. The molecule has 1 amide bonds. The molecule has 0 spiro atoms. The molecule has 2 aliphatic rings. The van der Waals surface area contributed by atoms with Crippen molar-refractivity contribution in [3.8, 4) is 0 Å². The van der Waals surface area contributed by atoms with Gasteiger partial charge in [-0.1, -0.05) is 11.3 Å². The molecule has 5 rings (SSSR count). The van der Waals surface area contributed by atoms with Gasteiger partial charge in [-0.05, 0) is 74.9 Å². The van der Waals surface area contributed by atoms with Crippen LogP contribution in [0.2, 0.25) is 0 Å². The smallest absolute Gasteiger partial charge is 0.245 e. The fourth-order valence-corrected chi connectivity index (χ4v) is 7.50. The Kier molecular flexibility index (Phi) is 7.32. The maximum atomic E-state index is 14.2. The number of hydrogen-bond donors (Lipinski definition) is 0. The first-order chi connectivity index (χ1) is 17.6. The molecule has 0 N–H and O–H groups in total. The zero-order valence-corrected chi connectivity index (χ0v) is 22.4. The lowest BCUT2D eigenvalue weighted by molar-refractivity contribution is -0.123. The Morgan fingerprint density at radius 3 is 2.54 bits per heavy atom. The van der Waals surface area contributed by atoms with Crippen LogP contribution in [0.25, 0.3) is 10.2 Å². The largest absolute Gasteiger partial charge is 0.376 e. The van der Waals surface area contributed by atoms with Gasteiger partial charge in [-0.15, -0.1) is 0 Å². The quantitative estimate of drug-likeness (QED) is 0.441. The summed E-state index contributed by atoms with van der Waals surface area (Å²) in [6, 6.07) is 6.54. The maximum Gasteiger partial charge on any atom is 0.245 e.